The standard InChI is InChI=1S/C21H19ClFN3O3S/c1-10-6-26-21(30-10)16-5-13(29-14-8-28-9-14)4-15(20(24)27)18(16)11(2)19-17(22)3-12(23)7-25-19/h3-7,11,14H,8-9H2,1-2H3,(H2,24,27). The second-order valence-electron chi connectivity index (χ2n) is 7.09. The number of nitrogens with two attached hydrogens (primary N) is 1. The Morgan fingerprint density at radius 1 is 1.33 bits per heavy atom. The van der Waals surface area contributed by atoms with E-state index in [1.807, 2.05) is 19.9 Å². The molecule has 1 atom stereocenters. The van der Waals surface area contributed by atoms with E-state index in [2.05, 4.69) is 9.97 Å². The Morgan fingerprint density at radius 3 is 2.67 bits per heavy atom. The molecule has 0 spiro atoms. The maximum Gasteiger partial charge on any atom is 0.249 e. The average molecular weight is 448 g/mol. The summed E-state index contributed by atoms with van der Waals surface area (Å²) in [5.41, 5.74) is 7.79. The number of carbonyl (C=O) groups excluding carboxylic acids is 1. The lowest BCUT2D eigenvalue weighted by molar-refractivity contribution is -0.0796. The number of amides is 1. The van der Waals surface area contributed by atoms with Gasteiger partial charge in [-0.3, -0.25) is 9.78 Å². The fourth-order valence-corrected chi connectivity index (χ4v) is 4.49. The normalized spacial score (nSPS) is 14.9. The van der Waals surface area contributed by atoms with Crippen LogP contribution in [0, 0.1) is 12.7 Å². The molecule has 2 N–H and O–H groups in total. The SMILES string of the molecule is Cc1cnc(-c2cc(OC3COC3)cc(C(N)=O)c2C(C)c2ncc(F)cc2Cl)s1. The topological polar surface area (TPSA) is 87.3 Å². The molecule has 0 radical (unpaired) electrons. The summed E-state index contributed by atoms with van der Waals surface area (Å²) in [6, 6.07) is 4.66. The molecule has 1 amide bonds. The molecule has 0 saturated carbocycles. The number of pyridine rings is 1. The predicted molar refractivity (Wildman–Crippen MR) is 113 cm³/mol. The van der Waals surface area contributed by atoms with Gasteiger partial charge in [-0.2, -0.15) is 0 Å². The van der Waals surface area contributed by atoms with Gasteiger partial charge in [-0.25, -0.2) is 9.37 Å². The third-order valence-electron chi connectivity index (χ3n) is 4.86. The number of benzene rings is 1. The molecule has 1 saturated heterocycles. The lowest BCUT2D eigenvalue weighted by atomic mass is 9.87. The highest BCUT2D eigenvalue weighted by molar-refractivity contribution is 7.15. The lowest BCUT2D eigenvalue weighted by Crippen LogP contribution is -2.38. The smallest absolute Gasteiger partial charge is 0.249 e. The van der Waals surface area contributed by atoms with Crippen LogP contribution in [0.1, 0.15) is 39.3 Å². The number of aromatic nitrogens is 2. The van der Waals surface area contributed by atoms with Crippen molar-refractivity contribution < 1.29 is 18.7 Å². The average Bonchev–Trinajstić information content (AvgIpc) is 3.09. The van der Waals surface area contributed by atoms with Gasteiger partial charge in [-0.05, 0) is 30.7 Å². The van der Waals surface area contributed by atoms with Crippen molar-refractivity contribution in [1.29, 1.82) is 0 Å². The molecule has 30 heavy (non-hydrogen) atoms. The zero-order chi connectivity index (χ0) is 21.4. The molecule has 1 unspecified atom stereocenters. The first-order valence-electron chi connectivity index (χ1n) is 9.29. The highest BCUT2D eigenvalue weighted by Gasteiger charge is 2.28. The highest BCUT2D eigenvalue weighted by Crippen LogP contribution is 2.41. The molecule has 6 nitrogen and oxygen atoms in total. The van der Waals surface area contributed by atoms with Crippen LogP contribution in [0.25, 0.3) is 10.6 Å². The summed E-state index contributed by atoms with van der Waals surface area (Å²) in [5.74, 6) is -1.08. The summed E-state index contributed by atoms with van der Waals surface area (Å²) in [4.78, 5) is 22.1. The van der Waals surface area contributed by atoms with Crippen molar-refractivity contribution in [2.24, 2.45) is 5.73 Å². The number of halogens is 2. The molecule has 2 aromatic heterocycles. The summed E-state index contributed by atoms with van der Waals surface area (Å²) in [5, 5.41) is 0.886. The first-order valence-corrected chi connectivity index (χ1v) is 10.5. The van der Waals surface area contributed by atoms with Crippen molar-refractivity contribution in [1.82, 2.24) is 9.97 Å². The Bertz CT molecular complexity index is 1120. The molecule has 1 aliphatic rings. The van der Waals surface area contributed by atoms with E-state index in [-0.39, 0.29) is 16.7 Å². The van der Waals surface area contributed by atoms with Crippen LogP contribution < -0.4 is 10.5 Å². The molecule has 9 heteroatoms. The number of nitrogens with zero attached hydrogens (tertiary/aromatic N) is 2. The van der Waals surface area contributed by atoms with E-state index in [1.165, 1.54) is 17.4 Å². The van der Waals surface area contributed by atoms with Crippen molar-refractivity contribution in [2.45, 2.75) is 25.9 Å². The Hall–Kier alpha value is -2.55. The number of hydrogen-bond acceptors (Lipinski definition) is 6. The predicted octanol–water partition coefficient (Wildman–Crippen LogP) is 4.33. The quantitative estimate of drug-likeness (QED) is 0.607. The van der Waals surface area contributed by atoms with E-state index in [9.17, 15) is 9.18 Å². The van der Waals surface area contributed by atoms with Crippen LogP contribution in [0.2, 0.25) is 5.02 Å². The zero-order valence-electron chi connectivity index (χ0n) is 16.3. The molecule has 0 aliphatic carbocycles. The van der Waals surface area contributed by atoms with Gasteiger partial charge >= 0.3 is 0 Å². The summed E-state index contributed by atoms with van der Waals surface area (Å²) < 4.78 is 24.6. The summed E-state index contributed by atoms with van der Waals surface area (Å²) in [6.07, 6.45) is 2.78. The second kappa shape index (κ2) is 8.29. The van der Waals surface area contributed by atoms with Crippen molar-refractivity contribution >= 4 is 28.8 Å². The van der Waals surface area contributed by atoms with Crippen LogP contribution in [0.3, 0.4) is 0 Å². The van der Waals surface area contributed by atoms with Gasteiger partial charge in [0.1, 0.15) is 22.7 Å². The fraction of sp³-hybridized carbons (Fsp3) is 0.286. The van der Waals surface area contributed by atoms with Crippen molar-refractivity contribution in [2.75, 3.05) is 13.2 Å². The number of hydrogen-bond donors (Lipinski definition) is 1. The molecule has 1 aromatic carbocycles. The van der Waals surface area contributed by atoms with Crippen molar-refractivity contribution in [3.8, 4) is 16.3 Å². The van der Waals surface area contributed by atoms with Crippen LogP contribution in [0.4, 0.5) is 4.39 Å². The number of carbonyl (C=O) groups is 1. The van der Waals surface area contributed by atoms with Crippen LogP contribution in [0.5, 0.6) is 5.75 Å². The number of primary amides is 1. The summed E-state index contributed by atoms with van der Waals surface area (Å²) in [7, 11) is 0. The maximum atomic E-state index is 13.5. The highest BCUT2D eigenvalue weighted by atomic mass is 35.5. The van der Waals surface area contributed by atoms with Gasteiger partial charge in [0, 0.05) is 28.1 Å². The Kier molecular flexibility index (Phi) is 5.73. The Balaban J connectivity index is 1.90. The van der Waals surface area contributed by atoms with Gasteiger partial charge in [0.15, 0.2) is 0 Å². The monoisotopic (exact) mass is 447 g/mol. The van der Waals surface area contributed by atoms with Crippen LogP contribution >= 0.6 is 22.9 Å². The number of ether oxygens (including phenoxy) is 2. The fourth-order valence-electron chi connectivity index (χ4n) is 3.38. The Morgan fingerprint density at radius 2 is 2.10 bits per heavy atom. The summed E-state index contributed by atoms with van der Waals surface area (Å²) in [6.45, 7) is 4.78. The van der Waals surface area contributed by atoms with Gasteiger partial charge in [-0.15, -0.1) is 11.3 Å². The third kappa shape index (κ3) is 4.03. The summed E-state index contributed by atoms with van der Waals surface area (Å²) >= 11 is 7.75. The van der Waals surface area contributed by atoms with E-state index in [0.29, 0.717) is 40.8 Å². The molecule has 1 fully saturated rings. The maximum absolute atomic E-state index is 13.5. The van der Waals surface area contributed by atoms with E-state index in [4.69, 9.17) is 26.8 Å². The number of rotatable bonds is 6. The van der Waals surface area contributed by atoms with Crippen LogP contribution in [-0.2, 0) is 4.74 Å². The second-order valence-corrected chi connectivity index (χ2v) is 8.73. The van der Waals surface area contributed by atoms with Gasteiger partial charge in [-0.1, -0.05) is 18.5 Å². The number of thiazole rings is 1. The molecule has 1 aliphatic heterocycles. The van der Waals surface area contributed by atoms with Gasteiger partial charge < -0.3 is 15.2 Å². The van der Waals surface area contributed by atoms with Gasteiger partial charge in [0.2, 0.25) is 5.91 Å². The molecular weight excluding hydrogens is 429 g/mol. The molecule has 156 valence electrons. The van der Waals surface area contributed by atoms with Crippen molar-refractivity contribution in [3.63, 3.8) is 0 Å². The van der Waals surface area contributed by atoms with Gasteiger partial charge in [0.05, 0.1) is 30.1 Å². The van der Waals surface area contributed by atoms with E-state index >= 15 is 0 Å². The largest absolute Gasteiger partial charge is 0.486 e. The van der Waals surface area contributed by atoms with E-state index < -0.39 is 17.6 Å². The Labute approximate surface area is 181 Å². The van der Waals surface area contributed by atoms with Crippen molar-refractivity contribution in [3.05, 3.63) is 63.1 Å². The molecule has 0 bridgehead atoms. The van der Waals surface area contributed by atoms with Crippen LogP contribution in [0.15, 0.2) is 30.6 Å². The van der Waals surface area contributed by atoms with Gasteiger partial charge in [0.25, 0.3) is 0 Å². The third-order valence-corrected chi connectivity index (χ3v) is 6.11. The molecule has 3 heterocycles. The minimum Gasteiger partial charge on any atom is -0.486 e. The lowest BCUT2D eigenvalue weighted by Gasteiger charge is -2.28. The minimum atomic E-state index is -0.611. The molecular formula is C21H19ClFN3O3S. The first-order chi connectivity index (χ1) is 14.3. The minimum absolute atomic E-state index is 0.0758. The number of aryl methyl sites for hydroxylation is 1. The zero-order valence-corrected chi connectivity index (χ0v) is 17.9. The molecule has 4 rings (SSSR count). The van der Waals surface area contributed by atoms with E-state index in [1.54, 1.807) is 12.3 Å². The van der Waals surface area contributed by atoms with E-state index in [0.717, 1.165) is 11.1 Å². The molecule has 3 aromatic rings. The first kappa shape index (κ1) is 20.7. The van der Waals surface area contributed by atoms with Crippen LogP contribution in [-0.4, -0.2) is 35.2 Å².